The number of fused-ring (bicyclic) bond motifs is 1. The molecule has 0 radical (unpaired) electrons. The van der Waals surface area contributed by atoms with Crippen molar-refractivity contribution in [1.82, 2.24) is 4.57 Å². The van der Waals surface area contributed by atoms with Crippen LogP contribution in [-0.2, 0) is 9.53 Å². The van der Waals surface area contributed by atoms with E-state index in [-0.39, 0.29) is 21.5 Å². The SMILES string of the molecule is CCOC(=O)C1=C(C(F)(F)F)N=c2s/c(=C\c3cc(I)c(OCC)c(OC)c3)c(=O)n2[C@@H]1c1ccc(Cl)cc1. The molecule has 0 N–H and O–H groups in total. The molecule has 3 aromatic rings. The van der Waals surface area contributed by atoms with Crippen LogP contribution in [0.5, 0.6) is 11.5 Å². The lowest BCUT2D eigenvalue weighted by Gasteiger charge is -2.26. The number of aromatic nitrogens is 1. The van der Waals surface area contributed by atoms with Gasteiger partial charge in [-0.05, 0) is 77.9 Å². The normalized spacial score (nSPS) is 15.6. The van der Waals surface area contributed by atoms with Gasteiger partial charge in [0.1, 0.15) is 0 Å². The van der Waals surface area contributed by atoms with Crippen LogP contribution in [-0.4, -0.2) is 37.0 Å². The summed E-state index contributed by atoms with van der Waals surface area (Å²) in [6.45, 7) is 3.56. The lowest BCUT2D eigenvalue weighted by Crippen LogP contribution is -2.41. The number of allylic oxidation sites excluding steroid dienone is 1. The molecule has 0 spiro atoms. The summed E-state index contributed by atoms with van der Waals surface area (Å²) in [6.07, 6.45) is -3.45. The van der Waals surface area contributed by atoms with E-state index in [1.165, 1.54) is 44.4 Å². The van der Waals surface area contributed by atoms with Crippen LogP contribution in [0.1, 0.15) is 31.0 Å². The first-order valence-corrected chi connectivity index (χ1v) is 13.8. The van der Waals surface area contributed by atoms with Crippen molar-refractivity contribution in [3.05, 3.63) is 87.1 Å². The molecule has 0 fully saturated rings. The van der Waals surface area contributed by atoms with Crippen molar-refractivity contribution in [1.29, 1.82) is 0 Å². The van der Waals surface area contributed by atoms with Gasteiger partial charge in [0.05, 0.1) is 40.0 Å². The Morgan fingerprint density at radius 2 is 1.90 bits per heavy atom. The standard InChI is InChI=1S/C26H21ClF3IN2O5S/c1-4-37-21-16(31)10-13(11-17(21)36-3)12-18-23(34)33-20(14-6-8-15(27)9-7-14)19(24(35)38-5-2)22(26(28,29)30)32-25(33)39-18/h6-12,20H,4-5H2,1-3H3/b18-12-/t20-/m1/s1. The molecule has 0 saturated carbocycles. The molecule has 206 valence electrons. The average molecular weight is 693 g/mol. The van der Waals surface area contributed by atoms with Gasteiger partial charge in [-0.2, -0.15) is 13.2 Å². The van der Waals surface area contributed by atoms with Crippen LogP contribution in [0.15, 0.2) is 57.5 Å². The number of alkyl halides is 3. The van der Waals surface area contributed by atoms with Gasteiger partial charge in [0.15, 0.2) is 22.0 Å². The number of nitrogens with zero attached hydrogens (tertiary/aromatic N) is 2. The Morgan fingerprint density at radius 1 is 1.21 bits per heavy atom. The highest BCUT2D eigenvalue weighted by molar-refractivity contribution is 14.1. The summed E-state index contributed by atoms with van der Waals surface area (Å²) in [7, 11) is 1.48. The molecule has 0 unspecified atom stereocenters. The fraction of sp³-hybridized carbons (Fsp3) is 0.269. The van der Waals surface area contributed by atoms with E-state index < -0.39 is 35.0 Å². The molecule has 2 aromatic carbocycles. The number of esters is 1. The first kappa shape index (κ1) is 29.2. The minimum atomic E-state index is -4.99. The van der Waals surface area contributed by atoms with Gasteiger partial charge in [0, 0.05) is 5.02 Å². The van der Waals surface area contributed by atoms with Gasteiger partial charge in [-0.25, -0.2) is 9.79 Å². The van der Waals surface area contributed by atoms with Gasteiger partial charge >= 0.3 is 12.1 Å². The maximum absolute atomic E-state index is 14.2. The summed E-state index contributed by atoms with van der Waals surface area (Å²) in [6, 6.07) is 7.84. The third-order valence-electron chi connectivity index (χ3n) is 5.62. The fourth-order valence-electron chi connectivity index (χ4n) is 4.06. The van der Waals surface area contributed by atoms with E-state index in [2.05, 4.69) is 27.6 Å². The van der Waals surface area contributed by atoms with E-state index in [9.17, 15) is 22.8 Å². The topological polar surface area (TPSA) is 79.1 Å². The zero-order chi connectivity index (χ0) is 28.5. The van der Waals surface area contributed by atoms with Crippen LogP contribution in [0.25, 0.3) is 6.08 Å². The van der Waals surface area contributed by atoms with Gasteiger partial charge in [-0.1, -0.05) is 35.1 Å². The largest absolute Gasteiger partial charge is 0.493 e. The van der Waals surface area contributed by atoms with Crippen molar-refractivity contribution in [3.63, 3.8) is 0 Å². The Hall–Kier alpha value is -2.84. The Bertz CT molecular complexity index is 1630. The number of carbonyl (C=O) groups excluding carboxylic acids is 1. The van der Waals surface area contributed by atoms with E-state index in [0.29, 0.717) is 28.7 Å². The molecule has 1 aliphatic heterocycles. The molecule has 0 amide bonds. The van der Waals surface area contributed by atoms with Crippen LogP contribution >= 0.6 is 45.5 Å². The number of benzene rings is 2. The lowest BCUT2D eigenvalue weighted by molar-refractivity contribution is -0.140. The summed E-state index contributed by atoms with van der Waals surface area (Å²) < 4.78 is 60.6. The highest BCUT2D eigenvalue weighted by atomic mass is 127. The number of thiazole rings is 1. The first-order valence-electron chi connectivity index (χ1n) is 11.6. The van der Waals surface area contributed by atoms with Crippen LogP contribution < -0.4 is 24.4 Å². The quantitative estimate of drug-likeness (QED) is 0.257. The van der Waals surface area contributed by atoms with Crippen LogP contribution in [0.3, 0.4) is 0 Å². The van der Waals surface area contributed by atoms with Crippen LogP contribution in [0.4, 0.5) is 13.2 Å². The second kappa shape index (κ2) is 11.7. The fourth-order valence-corrected chi connectivity index (χ4v) is 5.97. The molecular weight excluding hydrogens is 672 g/mol. The van der Waals surface area contributed by atoms with E-state index in [0.717, 1.165) is 19.5 Å². The summed E-state index contributed by atoms with van der Waals surface area (Å²) in [5.41, 5.74) is -2.00. The van der Waals surface area contributed by atoms with Crippen molar-refractivity contribution in [2.24, 2.45) is 4.99 Å². The Labute approximate surface area is 243 Å². The maximum atomic E-state index is 14.2. The summed E-state index contributed by atoms with van der Waals surface area (Å²) in [5.74, 6) is -0.241. The molecule has 4 rings (SSSR count). The second-order valence-electron chi connectivity index (χ2n) is 8.08. The summed E-state index contributed by atoms with van der Waals surface area (Å²) in [4.78, 5) is 30.1. The third-order valence-corrected chi connectivity index (χ3v) is 7.66. The zero-order valence-corrected chi connectivity index (χ0v) is 24.5. The average Bonchev–Trinajstić information content (AvgIpc) is 3.19. The minimum Gasteiger partial charge on any atom is -0.493 e. The zero-order valence-electron chi connectivity index (χ0n) is 20.8. The monoisotopic (exact) mass is 692 g/mol. The van der Waals surface area contributed by atoms with Crippen molar-refractivity contribution in [2.45, 2.75) is 26.1 Å². The molecule has 0 aliphatic carbocycles. The second-order valence-corrected chi connectivity index (χ2v) is 10.7. The predicted octanol–water partition coefficient (Wildman–Crippen LogP) is 5.01. The lowest BCUT2D eigenvalue weighted by atomic mass is 9.95. The van der Waals surface area contributed by atoms with Gasteiger partial charge in [0.25, 0.3) is 5.56 Å². The van der Waals surface area contributed by atoms with Crippen molar-refractivity contribution in [2.75, 3.05) is 20.3 Å². The number of ether oxygens (including phenoxy) is 3. The summed E-state index contributed by atoms with van der Waals surface area (Å²) >= 11 is 8.85. The number of hydrogen-bond donors (Lipinski definition) is 0. The molecule has 2 heterocycles. The van der Waals surface area contributed by atoms with Crippen molar-refractivity contribution >= 4 is 57.6 Å². The highest BCUT2D eigenvalue weighted by Gasteiger charge is 2.45. The van der Waals surface area contributed by atoms with Crippen molar-refractivity contribution < 1.29 is 32.2 Å². The van der Waals surface area contributed by atoms with Gasteiger partial charge < -0.3 is 14.2 Å². The highest BCUT2D eigenvalue weighted by Crippen LogP contribution is 2.38. The molecule has 1 aromatic heterocycles. The molecule has 0 bridgehead atoms. The minimum absolute atomic E-state index is 0.112. The Kier molecular flexibility index (Phi) is 8.76. The van der Waals surface area contributed by atoms with Gasteiger partial charge in [-0.15, -0.1) is 0 Å². The number of hydrogen-bond acceptors (Lipinski definition) is 7. The number of rotatable bonds is 7. The van der Waals surface area contributed by atoms with Gasteiger partial charge in [-0.3, -0.25) is 9.36 Å². The van der Waals surface area contributed by atoms with E-state index >= 15 is 0 Å². The molecule has 0 saturated heterocycles. The van der Waals surface area contributed by atoms with E-state index in [1.807, 2.05) is 6.92 Å². The molecule has 1 aliphatic rings. The number of carbonyl (C=O) groups is 1. The maximum Gasteiger partial charge on any atom is 0.434 e. The molecular formula is C26H21ClF3IN2O5S. The molecule has 1 atom stereocenters. The smallest absolute Gasteiger partial charge is 0.434 e. The Morgan fingerprint density at radius 3 is 2.49 bits per heavy atom. The number of halogens is 5. The van der Waals surface area contributed by atoms with E-state index in [1.54, 1.807) is 12.1 Å². The third kappa shape index (κ3) is 5.87. The Balaban J connectivity index is 2.01. The van der Waals surface area contributed by atoms with Gasteiger partial charge in [0.2, 0.25) is 0 Å². The van der Waals surface area contributed by atoms with Crippen LogP contribution in [0, 0.1) is 3.57 Å². The van der Waals surface area contributed by atoms with Crippen LogP contribution in [0.2, 0.25) is 5.02 Å². The summed E-state index contributed by atoms with van der Waals surface area (Å²) in [5, 5.41) is 0.336. The molecule has 7 nitrogen and oxygen atoms in total. The predicted molar refractivity (Wildman–Crippen MR) is 149 cm³/mol. The molecule has 39 heavy (non-hydrogen) atoms. The van der Waals surface area contributed by atoms with Crippen molar-refractivity contribution in [3.8, 4) is 11.5 Å². The number of methoxy groups -OCH3 is 1. The van der Waals surface area contributed by atoms with E-state index in [4.69, 9.17) is 25.8 Å². The molecule has 13 heteroatoms. The first-order chi connectivity index (χ1) is 18.5.